The molecule has 7 nitrogen and oxygen atoms in total. The van der Waals surface area contributed by atoms with E-state index < -0.39 is 0 Å². The van der Waals surface area contributed by atoms with Gasteiger partial charge in [0.25, 0.3) is 0 Å². The number of hydrogen-bond donors (Lipinski definition) is 1. The zero-order valence-corrected chi connectivity index (χ0v) is 37.3. The Hall–Kier alpha value is -7.99. The van der Waals surface area contributed by atoms with Crippen LogP contribution in [0.1, 0.15) is 11.1 Å². The molecule has 14 rings (SSSR count). The Kier molecular flexibility index (Phi) is 8.61. The quantitative estimate of drug-likeness (QED) is 0.173. The molecule has 0 unspecified atom stereocenters. The Bertz CT molecular complexity index is 4100. The number of benzene rings is 8. The van der Waals surface area contributed by atoms with E-state index in [0.717, 1.165) is 135 Å². The summed E-state index contributed by atoms with van der Waals surface area (Å²) in [4.78, 5) is 11.0. The number of nitrogens with zero attached hydrogens (tertiary/aromatic N) is 3. The predicted octanol–water partition coefficient (Wildman–Crippen LogP) is 14.9. The van der Waals surface area contributed by atoms with Crippen molar-refractivity contribution in [3.63, 3.8) is 0 Å². The van der Waals surface area contributed by atoms with Crippen molar-refractivity contribution in [2.45, 2.75) is 12.8 Å². The zero-order valence-electron chi connectivity index (χ0n) is 35.0. The van der Waals surface area contributed by atoms with E-state index in [0.29, 0.717) is 17.2 Å². The van der Waals surface area contributed by atoms with E-state index in [4.69, 9.17) is 23.2 Å². The topological polar surface area (TPSA) is 90.4 Å². The summed E-state index contributed by atoms with van der Waals surface area (Å²) in [7, 11) is 0. The minimum atomic E-state index is 0. The van der Waals surface area contributed by atoms with Crippen LogP contribution in [0.25, 0.3) is 128 Å². The molecule has 13 aromatic rings. The average Bonchev–Trinajstić information content (AvgIpc) is 4.15. The molecular weight excluding hydrogens is 998 g/mol. The van der Waals surface area contributed by atoms with Gasteiger partial charge in [0.15, 0.2) is 0 Å². The number of aromatic nitrogens is 3. The summed E-state index contributed by atoms with van der Waals surface area (Å²) < 4.78 is 21.4. The van der Waals surface area contributed by atoms with E-state index in [9.17, 15) is 5.11 Å². The molecule has 1 N–H and O–H groups in total. The van der Waals surface area contributed by atoms with E-state index in [1.54, 1.807) is 6.07 Å². The van der Waals surface area contributed by atoms with E-state index >= 15 is 0 Å². The molecule has 8 heteroatoms. The van der Waals surface area contributed by atoms with Crippen molar-refractivity contribution in [1.82, 2.24) is 14.5 Å². The Morgan fingerprint density at radius 3 is 2.06 bits per heavy atom. The molecule has 1 aliphatic carbocycles. The number of rotatable bonds is 5. The van der Waals surface area contributed by atoms with Crippen LogP contribution < -0.4 is 0 Å². The minimum Gasteiger partial charge on any atom is -0.507 e. The maximum atomic E-state index is 11.5. The van der Waals surface area contributed by atoms with Crippen molar-refractivity contribution < 1.29 is 39.4 Å². The fraction of sp³-hybridized carbons (Fsp3) is 0.0345. The predicted molar refractivity (Wildman–Crippen MR) is 258 cm³/mol. The summed E-state index contributed by atoms with van der Waals surface area (Å²) in [6.45, 7) is 0. The van der Waals surface area contributed by atoms with Gasteiger partial charge in [-0.25, -0.2) is 4.98 Å². The molecule has 0 saturated heterocycles. The Morgan fingerprint density at radius 1 is 0.515 bits per heavy atom. The molecular formula is C58H34N3O4Pt-. The van der Waals surface area contributed by atoms with Crippen LogP contribution in [0.4, 0.5) is 0 Å². The molecule has 0 spiro atoms. The molecule has 0 bridgehead atoms. The zero-order chi connectivity index (χ0) is 42.8. The first kappa shape index (κ1) is 38.5. The largest absolute Gasteiger partial charge is 0.507 e. The maximum absolute atomic E-state index is 11.5. The van der Waals surface area contributed by atoms with Gasteiger partial charge >= 0.3 is 0 Å². The molecule has 0 amide bonds. The van der Waals surface area contributed by atoms with Crippen molar-refractivity contribution in [2.75, 3.05) is 0 Å². The van der Waals surface area contributed by atoms with E-state index in [2.05, 4.69) is 114 Å². The summed E-state index contributed by atoms with van der Waals surface area (Å²) in [5.74, 6) is 0.883. The van der Waals surface area contributed by atoms with E-state index in [1.807, 2.05) is 66.7 Å². The maximum Gasteiger partial charge on any atom is 0.137 e. The second-order valence-corrected chi connectivity index (χ2v) is 16.9. The molecule has 8 aromatic carbocycles. The second kappa shape index (κ2) is 14.8. The van der Waals surface area contributed by atoms with E-state index in [-0.39, 0.29) is 26.8 Å². The first-order valence-corrected chi connectivity index (χ1v) is 21.8. The Labute approximate surface area is 391 Å². The summed E-state index contributed by atoms with van der Waals surface area (Å²) in [5, 5.41) is 17.6. The molecule has 0 fully saturated rings. The van der Waals surface area contributed by atoms with Gasteiger partial charge < -0.3 is 22.9 Å². The van der Waals surface area contributed by atoms with Crippen LogP contribution in [-0.4, -0.2) is 19.6 Å². The molecule has 0 saturated carbocycles. The molecule has 0 aliphatic heterocycles. The van der Waals surface area contributed by atoms with Crippen molar-refractivity contribution >= 4 is 65.8 Å². The van der Waals surface area contributed by atoms with Crippen molar-refractivity contribution in [3.8, 4) is 67.7 Å². The third kappa shape index (κ3) is 5.86. The first-order valence-electron chi connectivity index (χ1n) is 21.8. The number of phenols is 1. The van der Waals surface area contributed by atoms with Gasteiger partial charge in [0.2, 0.25) is 0 Å². The SMILES string of the molecule is Oc1cccc2c1-c1nc(-c3cn(-c4ccc5c(c4)oc4ccccc45)c(-c4[c-]ccc5oc6ccc(-c7ccccc7)cc6c45)n3)cc(-c3ccc4oc5ccccc5c4c3)c1CC2.[Pt]. The number of fused-ring (bicyclic) bond motifs is 12. The average molecular weight is 1030 g/mol. The summed E-state index contributed by atoms with van der Waals surface area (Å²) in [5.41, 5.74) is 15.8. The van der Waals surface area contributed by atoms with Gasteiger partial charge in [0.05, 0.1) is 28.5 Å². The number of furan rings is 3. The summed E-state index contributed by atoms with van der Waals surface area (Å²) in [6, 6.07) is 61.1. The number of pyridine rings is 1. The number of imidazole rings is 1. The number of phenolic OH excluding ortho intramolecular Hbond substituents is 1. The van der Waals surface area contributed by atoms with Crippen LogP contribution in [-0.2, 0) is 33.9 Å². The van der Waals surface area contributed by atoms with E-state index in [1.165, 1.54) is 0 Å². The van der Waals surface area contributed by atoms with Gasteiger partial charge in [-0.1, -0.05) is 114 Å². The van der Waals surface area contributed by atoms with Crippen molar-refractivity contribution in [3.05, 3.63) is 193 Å². The number of para-hydroxylation sites is 2. The fourth-order valence-corrected chi connectivity index (χ4v) is 10.1. The summed E-state index contributed by atoms with van der Waals surface area (Å²) >= 11 is 0. The number of hydrogen-bond acceptors (Lipinski definition) is 6. The molecule has 5 heterocycles. The van der Waals surface area contributed by atoms with Gasteiger partial charge in [-0.3, -0.25) is 4.98 Å². The molecule has 0 radical (unpaired) electrons. The van der Waals surface area contributed by atoms with Crippen LogP contribution in [0.2, 0.25) is 0 Å². The fourth-order valence-electron chi connectivity index (χ4n) is 10.1. The molecule has 5 aromatic heterocycles. The van der Waals surface area contributed by atoms with Crippen LogP contribution >= 0.6 is 0 Å². The Balaban J connectivity index is 0.00000435. The summed E-state index contributed by atoms with van der Waals surface area (Å²) in [6.07, 6.45) is 3.61. The monoisotopic (exact) mass is 1030 g/mol. The minimum absolute atomic E-state index is 0. The van der Waals surface area contributed by atoms with Gasteiger partial charge in [-0.2, -0.15) is 0 Å². The van der Waals surface area contributed by atoms with Gasteiger partial charge in [-0.15, -0.1) is 12.1 Å². The van der Waals surface area contributed by atoms with Gasteiger partial charge in [0, 0.05) is 66.1 Å². The van der Waals surface area contributed by atoms with Crippen molar-refractivity contribution in [1.29, 1.82) is 0 Å². The van der Waals surface area contributed by atoms with Crippen LogP contribution in [0.3, 0.4) is 0 Å². The second-order valence-electron chi connectivity index (χ2n) is 16.9. The number of aryl methyl sites for hydroxylation is 1. The third-order valence-electron chi connectivity index (χ3n) is 13.2. The molecule has 66 heavy (non-hydrogen) atoms. The Morgan fingerprint density at radius 2 is 1.21 bits per heavy atom. The van der Waals surface area contributed by atoms with Crippen LogP contribution in [0.15, 0.2) is 189 Å². The van der Waals surface area contributed by atoms with Gasteiger partial charge in [0.1, 0.15) is 33.7 Å². The normalized spacial score (nSPS) is 12.4. The van der Waals surface area contributed by atoms with Crippen molar-refractivity contribution in [2.24, 2.45) is 0 Å². The molecule has 0 atom stereocenters. The van der Waals surface area contributed by atoms with Gasteiger partial charge in [-0.05, 0) is 106 Å². The first-order chi connectivity index (χ1) is 32.1. The number of aromatic hydroxyl groups is 1. The molecule has 316 valence electrons. The smallest absolute Gasteiger partial charge is 0.137 e. The van der Waals surface area contributed by atoms with Crippen LogP contribution in [0, 0.1) is 6.07 Å². The standard InChI is InChI=1S/C58H34N3O4.Pt/c62-48-16-8-12-34-20-24-41-43(36-22-27-51-44(29-36)39-14-5-7-18-50(39)63-51)31-46(59-57(41)55(34)48)47-32-61(37-23-25-40-38-13-4-6-17-49(38)65-54(40)30-37)58(60-47)42-15-9-19-53-56(42)45-28-35(21-26-52(45)64-53)33-10-2-1-3-11-33;/h1-14,16-19,21-23,25-32,62H,20,24H2;/q-1;. The molecule has 1 aliphatic rings. The third-order valence-corrected chi connectivity index (χ3v) is 13.2. The van der Waals surface area contributed by atoms with Crippen LogP contribution in [0.5, 0.6) is 5.75 Å².